The molecule has 9 nitrogen and oxygen atoms in total. The van der Waals surface area contributed by atoms with E-state index in [2.05, 4.69) is 16.0 Å². The summed E-state index contributed by atoms with van der Waals surface area (Å²) in [6, 6.07) is -1.50. The molecular weight excluding hydrogens is 280 g/mol. The Kier molecular flexibility index (Phi) is 9.31. The third-order valence-corrected chi connectivity index (χ3v) is 2.35. The summed E-state index contributed by atoms with van der Waals surface area (Å²) in [5.74, 6) is -1.11. The van der Waals surface area contributed by atoms with Crippen molar-refractivity contribution in [2.45, 2.75) is 32.7 Å². The molecule has 0 aromatic heterocycles. The minimum Gasteiger partial charge on any atom is -0.462 e. The molecule has 4 amide bonds. The quantitative estimate of drug-likeness (QED) is 0.307. The maximum atomic E-state index is 11.8. The zero-order valence-corrected chi connectivity index (χ0v) is 12.2. The van der Waals surface area contributed by atoms with Crippen molar-refractivity contribution in [1.82, 2.24) is 16.0 Å². The van der Waals surface area contributed by atoms with Gasteiger partial charge in [-0.25, -0.2) is 9.59 Å². The summed E-state index contributed by atoms with van der Waals surface area (Å²) in [7, 11) is 0. The Morgan fingerprint density at radius 1 is 1.05 bits per heavy atom. The van der Waals surface area contributed by atoms with E-state index >= 15 is 0 Å². The van der Waals surface area contributed by atoms with Gasteiger partial charge in [0.2, 0.25) is 11.8 Å². The maximum absolute atomic E-state index is 11.8. The van der Waals surface area contributed by atoms with Crippen LogP contribution in [0, 0.1) is 0 Å². The van der Waals surface area contributed by atoms with Crippen molar-refractivity contribution in [2.75, 3.05) is 19.7 Å². The largest absolute Gasteiger partial charge is 0.462 e. The van der Waals surface area contributed by atoms with Crippen molar-refractivity contribution in [1.29, 1.82) is 0 Å². The minimum atomic E-state index is -0.787. The van der Waals surface area contributed by atoms with Crippen LogP contribution < -0.4 is 21.7 Å². The number of carbonyl (C=O) groups is 4. The number of nitrogens with one attached hydrogen (secondary N) is 3. The van der Waals surface area contributed by atoms with Gasteiger partial charge in [-0.15, -0.1) is 0 Å². The highest BCUT2D eigenvalue weighted by Gasteiger charge is 2.20. The lowest BCUT2D eigenvalue weighted by molar-refractivity contribution is -0.147. The number of esters is 1. The minimum absolute atomic E-state index is 0.0381. The number of primary amides is 1. The molecule has 0 aliphatic rings. The van der Waals surface area contributed by atoms with Crippen molar-refractivity contribution in [2.24, 2.45) is 5.73 Å². The van der Waals surface area contributed by atoms with E-state index in [1.54, 1.807) is 0 Å². The molecule has 9 heteroatoms. The summed E-state index contributed by atoms with van der Waals surface area (Å²) in [6.45, 7) is 3.15. The SMILES string of the molecule is CC(=O)NCCCC(NC(C)=O)C(=O)OCCNC(N)=O. The van der Waals surface area contributed by atoms with Crippen LogP contribution in [0.2, 0.25) is 0 Å². The molecule has 0 bridgehead atoms. The molecule has 0 spiro atoms. The molecule has 0 aliphatic carbocycles. The molecule has 0 saturated carbocycles. The summed E-state index contributed by atoms with van der Waals surface area (Å²) in [6.07, 6.45) is 0.848. The van der Waals surface area contributed by atoms with Gasteiger partial charge in [0.1, 0.15) is 12.6 Å². The zero-order valence-electron chi connectivity index (χ0n) is 12.2. The van der Waals surface area contributed by atoms with E-state index in [0.29, 0.717) is 19.4 Å². The summed E-state index contributed by atoms with van der Waals surface area (Å²) in [4.78, 5) is 44.0. The molecule has 21 heavy (non-hydrogen) atoms. The number of ether oxygens (including phenoxy) is 1. The average Bonchev–Trinajstić information content (AvgIpc) is 2.37. The Hall–Kier alpha value is -2.32. The lowest BCUT2D eigenvalue weighted by Gasteiger charge is -2.16. The summed E-state index contributed by atoms with van der Waals surface area (Å²) in [5, 5.41) is 7.34. The Morgan fingerprint density at radius 2 is 1.71 bits per heavy atom. The fourth-order valence-corrected chi connectivity index (χ4v) is 1.49. The topological polar surface area (TPSA) is 140 Å². The molecule has 0 aliphatic heterocycles. The van der Waals surface area contributed by atoms with Crippen molar-refractivity contribution in [3.05, 3.63) is 0 Å². The van der Waals surface area contributed by atoms with Crippen LogP contribution in [0.3, 0.4) is 0 Å². The Labute approximate surface area is 123 Å². The van der Waals surface area contributed by atoms with Gasteiger partial charge in [-0.1, -0.05) is 0 Å². The zero-order chi connectivity index (χ0) is 16.3. The Balaban J connectivity index is 4.12. The van der Waals surface area contributed by atoms with Gasteiger partial charge in [0.15, 0.2) is 0 Å². The van der Waals surface area contributed by atoms with Gasteiger partial charge in [0.05, 0.1) is 6.54 Å². The predicted octanol–water partition coefficient (Wildman–Crippen LogP) is -1.38. The first-order valence-corrected chi connectivity index (χ1v) is 6.54. The Morgan fingerprint density at radius 3 is 2.24 bits per heavy atom. The number of hydrogen-bond acceptors (Lipinski definition) is 5. The molecule has 0 aromatic rings. The van der Waals surface area contributed by atoms with Crippen molar-refractivity contribution < 1.29 is 23.9 Å². The molecule has 0 fully saturated rings. The molecular formula is C12H22N4O5. The highest BCUT2D eigenvalue weighted by atomic mass is 16.5. The molecule has 0 aromatic carbocycles. The fourth-order valence-electron chi connectivity index (χ4n) is 1.49. The van der Waals surface area contributed by atoms with Gasteiger partial charge in [-0.05, 0) is 12.8 Å². The number of nitrogens with two attached hydrogens (primary N) is 1. The first kappa shape index (κ1) is 18.7. The van der Waals surface area contributed by atoms with Crippen molar-refractivity contribution in [3.63, 3.8) is 0 Å². The van der Waals surface area contributed by atoms with Gasteiger partial charge in [0, 0.05) is 20.4 Å². The Bertz CT molecular complexity index is 386. The number of carbonyl (C=O) groups excluding carboxylic acids is 4. The molecule has 0 rings (SSSR count). The average molecular weight is 302 g/mol. The van der Waals surface area contributed by atoms with E-state index < -0.39 is 18.0 Å². The van der Waals surface area contributed by atoms with Crippen LogP contribution in [0.25, 0.3) is 0 Å². The van der Waals surface area contributed by atoms with E-state index in [4.69, 9.17) is 10.5 Å². The fraction of sp³-hybridized carbons (Fsp3) is 0.667. The number of hydrogen-bond donors (Lipinski definition) is 4. The van der Waals surface area contributed by atoms with E-state index in [1.165, 1.54) is 13.8 Å². The molecule has 1 atom stereocenters. The lowest BCUT2D eigenvalue weighted by atomic mass is 10.1. The van der Waals surface area contributed by atoms with E-state index in [0.717, 1.165) is 0 Å². The van der Waals surface area contributed by atoms with Gasteiger partial charge >= 0.3 is 12.0 Å². The highest BCUT2D eigenvalue weighted by Crippen LogP contribution is 2.00. The van der Waals surface area contributed by atoms with Crippen LogP contribution in [-0.2, 0) is 19.1 Å². The third-order valence-electron chi connectivity index (χ3n) is 2.35. The van der Waals surface area contributed by atoms with Gasteiger partial charge in [-0.3, -0.25) is 9.59 Å². The molecule has 0 heterocycles. The van der Waals surface area contributed by atoms with E-state index in [9.17, 15) is 19.2 Å². The van der Waals surface area contributed by atoms with Gasteiger partial charge in [-0.2, -0.15) is 0 Å². The summed E-state index contributed by atoms with van der Waals surface area (Å²) >= 11 is 0. The number of urea groups is 1. The summed E-state index contributed by atoms with van der Waals surface area (Å²) < 4.78 is 4.92. The maximum Gasteiger partial charge on any atom is 0.328 e. The van der Waals surface area contributed by atoms with Crippen molar-refractivity contribution >= 4 is 23.8 Å². The van der Waals surface area contributed by atoms with Gasteiger partial charge in [0.25, 0.3) is 0 Å². The molecule has 120 valence electrons. The van der Waals surface area contributed by atoms with Crippen LogP contribution >= 0.6 is 0 Å². The standard InChI is InChI=1S/C12H22N4O5/c1-8(17)14-5-3-4-10(16-9(2)18)11(19)21-7-6-15-12(13)20/h10H,3-7H2,1-2H3,(H,14,17)(H,16,18)(H3,13,15,20). The van der Waals surface area contributed by atoms with Crippen LogP contribution in [0.1, 0.15) is 26.7 Å². The second-order valence-electron chi connectivity index (χ2n) is 4.34. The third kappa shape index (κ3) is 11.2. The van der Waals surface area contributed by atoms with Crippen LogP contribution in [0.4, 0.5) is 4.79 Å². The molecule has 5 N–H and O–H groups in total. The lowest BCUT2D eigenvalue weighted by Crippen LogP contribution is -2.42. The van der Waals surface area contributed by atoms with Crippen LogP contribution in [0.15, 0.2) is 0 Å². The smallest absolute Gasteiger partial charge is 0.328 e. The molecule has 1 unspecified atom stereocenters. The number of amides is 4. The van der Waals surface area contributed by atoms with Crippen LogP contribution in [0.5, 0.6) is 0 Å². The predicted molar refractivity (Wildman–Crippen MR) is 74.1 cm³/mol. The van der Waals surface area contributed by atoms with Gasteiger partial charge < -0.3 is 26.4 Å². The highest BCUT2D eigenvalue weighted by molar-refractivity contribution is 5.83. The first-order chi connectivity index (χ1) is 9.82. The molecule has 0 saturated heterocycles. The second kappa shape index (κ2) is 10.5. The van der Waals surface area contributed by atoms with Crippen molar-refractivity contribution in [3.8, 4) is 0 Å². The van der Waals surface area contributed by atoms with E-state index in [-0.39, 0.29) is 25.0 Å². The normalized spacial score (nSPS) is 11.1. The number of rotatable bonds is 9. The molecule has 0 radical (unpaired) electrons. The summed E-state index contributed by atoms with van der Waals surface area (Å²) in [5.41, 5.74) is 4.86. The van der Waals surface area contributed by atoms with Crippen LogP contribution in [-0.4, -0.2) is 49.6 Å². The second-order valence-corrected chi connectivity index (χ2v) is 4.34. The monoisotopic (exact) mass is 302 g/mol. The first-order valence-electron chi connectivity index (χ1n) is 6.54. The van der Waals surface area contributed by atoms with E-state index in [1.807, 2.05) is 0 Å².